The fourth-order valence-electron chi connectivity index (χ4n) is 2.68. The minimum Gasteiger partial charge on any atom is -0.350 e. The Morgan fingerprint density at radius 3 is 2.74 bits per heavy atom. The molecule has 2 aromatic rings. The van der Waals surface area contributed by atoms with E-state index in [0.717, 1.165) is 22.6 Å². The first-order valence-corrected chi connectivity index (χ1v) is 9.97. The molecule has 1 aliphatic rings. The fraction of sp³-hybridized carbons (Fsp3) is 0.238. The summed E-state index contributed by atoms with van der Waals surface area (Å²) in [6, 6.07) is 13.0. The van der Waals surface area contributed by atoms with E-state index in [4.69, 9.17) is 11.6 Å². The Balaban J connectivity index is 1.91. The molecule has 1 N–H and O–H groups in total. The van der Waals surface area contributed by atoms with Crippen molar-refractivity contribution in [1.29, 1.82) is 0 Å². The van der Waals surface area contributed by atoms with Crippen molar-refractivity contribution in [2.24, 2.45) is 0 Å². The zero-order valence-electron chi connectivity index (χ0n) is 15.5. The highest BCUT2D eigenvalue weighted by molar-refractivity contribution is 8.04. The highest BCUT2D eigenvalue weighted by Crippen LogP contribution is 2.42. The largest absolute Gasteiger partial charge is 0.350 e. The molecule has 3 rings (SSSR count). The van der Waals surface area contributed by atoms with Gasteiger partial charge in [-0.1, -0.05) is 48.5 Å². The molecule has 0 aliphatic carbocycles. The second-order valence-corrected chi connectivity index (χ2v) is 7.95. The number of halogens is 1. The van der Waals surface area contributed by atoms with Crippen molar-refractivity contribution in [3.63, 3.8) is 0 Å². The highest BCUT2D eigenvalue weighted by atomic mass is 35.5. The third-order valence-corrected chi connectivity index (χ3v) is 5.92. The van der Waals surface area contributed by atoms with Crippen LogP contribution in [0.1, 0.15) is 36.2 Å². The molecular formula is C21H21ClN2O2S. The van der Waals surface area contributed by atoms with Gasteiger partial charge < -0.3 is 10.2 Å². The summed E-state index contributed by atoms with van der Waals surface area (Å²) in [4.78, 5) is 28.3. The lowest BCUT2D eigenvalue weighted by Gasteiger charge is -2.27. The molecule has 1 atom stereocenters. The molecule has 0 saturated carbocycles. The molecule has 4 nitrogen and oxygen atoms in total. The van der Waals surface area contributed by atoms with E-state index in [2.05, 4.69) is 5.32 Å². The van der Waals surface area contributed by atoms with Gasteiger partial charge in [0.1, 0.15) is 0 Å². The predicted octanol–water partition coefficient (Wildman–Crippen LogP) is 4.98. The van der Waals surface area contributed by atoms with Crippen LogP contribution >= 0.6 is 23.4 Å². The van der Waals surface area contributed by atoms with Crippen LogP contribution in [0.2, 0.25) is 5.02 Å². The summed E-state index contributed by atoms with van der Waals surface area (Å²) in [5.74, 6) is -0.248. The number of benzene rings is 2. The zero-order valence-corrected chi connectivity index (χ0v) is 17.0. The maximum atomic E-state index is 12.8. The van der Waals surface area contributed by atoms with Crippen molar-refractivity contribution < 1.29 is 9.59 Å². The van der Waals surface area contributed by atoms with Crippen molar-refractivity contribution >= 4 is 46.9 Å². The summed E-state index contributed by atoms with van der Waals surface area (Å²) >= 11 is 7.60. The number of likely N-dealkylation sites (N-methyl/N-ethyl adjacent to an activating group) is 1. The molecular weight excluding hydrogens is 380 g/mol. The minimum absolute atomic E-state index is 0.104. The Morgan fingerprint density at radius 2 is 2.04 bits per heavy atom. The maximum Gasteiger partial charge on any atom is 0.264 e. The second kappa shape index (κ2) is 8.19. The summed E-state index contributed by atoms with van der Waals surface area (Å²) in [6.07, 6.45) is 2.67. The Morgan fingerprint density at radius 1 is 1.30 bits per heavy atom. The Labute approximate surface area is 168 Å². The maximum absolute atomic E-state index is 12.8. The van der Waals surface area contributed by atoms with E-state index in [0.29, 0.717) is 15.5 Å². The van der Waals surface area contributed by atoms with Gasteiger partial charge in [0.2, 0.25) is 0 Å². The summed E-state index contributed by atoms with van der Waals surface area (Å²) in [5, 5.41) is 3.55. The van der Waals surface area contributed by atoms with Gasteiger partial charge in [-0.3, -0.25) is 9.59 Å². The minimum atomic E-state index is -0.129. The fourth-order valence-corrected chi connectivity index (χ4v) is 3.95. The predicted molar refractivity (Wildman–Crippen MR) is 112 cm³/mol. The zero-order chi connectivity index (χ0) is 19.6. The molecule has 0 fully saturated rings. The van der Waals surface area contributed by atoms with Crippen LogP contribution in [0.4, 0.5) is 5.69 Å². The average Bonchev–Trinajstić information content (AvgIpc) is 2.67. The van der Waals surface area contributed by atoms with Crippen LogP contribution in [-0.4, -0.2) is 24.9 Å². The molecule has 1 unspecified atom stereocenters. The molecule has 2 aromatic carbocycles. The van der Waals surface area contributed by atoms with Gasteiger partial charge in [-0.15, -0.1) is 0 Å². The number of hydrogen-bond acceptors (Lipinski definition) is 3. The lowest BCUT2D eigenvalue weighted by Crippen LogP contribution is -2.33. The van der Waals surface area contributed by atoms with E-state index in [1.54, 1.807) is 36.2 Å². The van der Waals surface area contributed by atoms with Crippen molar-refractivity contribution in [3.05, 3.63) is 63.5 Å². The van der Waals surface area contributed by atoms with Crippen molar-refractivity contribution in [2.45, 2.75) is 31.2 Å². The van der Waals surface area contributed by atoms with E-state index in [9.17, 15) is 9.59 Å². The van der Waals surface area contributed by atoms with E-state index < -0.39 is 0 Å². The molecule has 0 saturated heterocycles. The van der Waals surface area contributed by atoms with E-state index in [1.807, 2.05) is 38.1 Å². The van der Waals surface area contributed by atoms with Crippen LogP contribution in [0, 0.1) is 0 Å². The van der Waals surface area contributed by atoms with Crippen LogP contribution in [0.15, 0.2) is 52.3 Å². The average molecular weight is 401 g/mol. The van der Waals surface area contributed by atoms with Gasteiger partial charge in [-0.2, -0.15) is 0 Å². The number of nitrogens with one attached hydrogen (secondary N) is 1. The third-order valence-electron chi connectivity index (χ3n) is 4.50. The number of anilines is 1. The lowest BCUT2D eigenvalue weighted by atomic mass is 10.1. The molecule has 1 aliphatic heterocycles. The van der Waals surface area contributed by atoms with Crippen LogP contribution in [0.25, 0.3) is 6.08 Å². The first-order chi connectivity index (χ1) is 12.9. The lowest BCUT2D eigenvalue weighted by molar-refractivity contribution is -0.114. The van der Waals surface area contributed by atoms with Crippen LogP contribution in [0.3, 0.4) is 0 Å². The van der Waals surface area contributed by atoms with Crippen molar-refractivity contribution in [1.82, 2.24) is 5.32 Å². The van der Waals surface area contributed by atoms with Gasteiger partial charge in [0.05, 0.1) is 10.6 Å². The number of nitrogens with zero attached hydrogens (tertiary/aromatic N) is 1. The van der Waals surface area contributed by atoms with Crippen LogP contribution in [-0.2, 0) is 4.79 Å². The smallest absolute Gasteiger partial charge is 0.264 e. The number of amides is 2. The Hall–Kier alpha value is -2.24. The molecule has 0 aromatic heterocycles. The van der Waals surface area contributed by atoms with Gasteiger partial charge in [-0.25, -0.2) is 0 Å². The molecule has 140 valence electrons. The third kappa shape index (κ3) is 4.20. The first-order valence-electron chi connectivity index (χ1n) is 8.77. The molecule has 6 heteroatoms. The number of fused-ring (bicyclic) bond motifs is 1. The summed E-state index contributed by atoms with van der Waals surface area (Å²) in [5.41, 5.74) is 2.09. The monoisotopic (exact) mass is 400 g/mol. The Kier molecular flexibility index (Phi) is 5.92. The van der Waals surface area contributed by atoms with Gasteiger partial charge in [-0.05, 0) is 49.2 Å². The summed E-state index contributed by atoms with van der Waals surface area (Å²) < 4.78 is 0. The SMILES string of the molecule is CCC(C)NC(=O)c1ccc2c(c1)N(C)C(=O)C(=Cc1ccccc1Cl)S2. The van der Waals surface area contributed by atoms with E-state index in [-0.39, 0.29) is 17.9 Å². The number of carbonyl (C=O) groups is 2. The highest BCUT2D eigenvalue weighted by Gasteiger charge is 2.27. The van der Waals surface area contributed by atoms with Gasteiger partial charge in [0, 0.05) is 28.6 Å². The number of rotatable bonds is 4. The topological polar surface area (TPSA) is 49.4 Å². The number of thioether (sulfide) groups is 1. The molecule has 0 radical (unpaired) electrons. The summed E-state index contributed by atoms with van der Waals surface area (Å²) in [7, 11) is 1.72. The summed E-state index contributed by atoms with van der Waals surface area (Å²) in [6.45, 7) is 3.99. The molecule has 27 heavy (non-hydrogen) atoms. The number of hydrogen-bond donors (Lipinski definition) is 1. The molecule has 1 heterocycles. The van der Waals surface area contributed by atoms with Gasteiger partial charge in [0.15, 0.2) is 0 Å². The van der Waals surface area contributed by atoms with E-state index in [1.165, 1.54) is 11.8 Å². The molecule has 0 spiro atoms. The van der Waals surface area contributed by atoms with Crippen molar-refractivity contribution in [3.8, 4) is 0 Å². The standard InChI is InChI=1S/C21H21ClN2O2S/c1-4-13(2)23-20(25)15-9-10-18-17(11-15)24(3)21(26)19(27-18)12-14-7-5-6-8-16(14)22/h5-13H,4H2,1-3H3,(H,23,25). The number of carbonyl (C=O) groups excluding carboxylic acids is 2. The first kappa shape index (κ1) is 19.5. The van der Waals surface area contributed by atoms with Gasteiger partial charge in [0.25, 0.3) is 11.8 Å². The molecule has 2 amide bonds. The van der Waals surface area contributed by atoms with Crippen molar-refractivity contribution in [2.75, 3.05) is 11.9 Å². The normalized spacial score (nSPS) is 16.2. The second-order valence-electron chi connectivity index (χ2n) is 6.46. The molecule has 0 bridgehead atoms. The Bertz CT molecular complexity index is 926. The van der Waals surface area contributed by atoms with Gasteiger partial charge >= 0.3 is 0 Å². The quantitative estimate of drug-likeness (QED) is 0.736. The van der Waals surface area contributed by atoms with Crippen LogP contribution in [0.5, 0.6) is 0 Å². The van der Waals surface area contributed by atoms with Crippen LogP contribution < -0.4 is 10.2 Å². The van der Waals surface area contributed by atoms with E-state index >= 15 is 0 Å².